The maximum Gasteiger partial charge on any atom is 0.258 e. The van der Waals surface area contributed by atoms with Gasteiger partial charge in [-0.3, -0.25) is 4.79 Å². The monoisotopic (exact) mass is 277 g/mol. The zero-order valence-electron chi connectivity index (χ0n) is 8.22. The number of carbonyl (C=O) groups excluding carboxylic acids is 1. The number of benzene rings is 1. The highest BCUT2D eigenvalue weighted by molar-refractivity contribution is 9.10. The Hall–Kier alpha value is -1.75. The number of nitrogens with zero attached hydrogens (tertiary/aromatic N) is 2. The fraction of sp³-hybridized carbons (Fsp3) is 0. The van der Waals surface area contributed by atoms with E-state index in [4.69, 9.17) is 0 Å². The molecule has 16 heavy (non-hydrogen) atoms. The first kappa shape index (κ1) is 10.8. The Kier molecular flexibility index (Phi) is 3.26. The summed E-state index contributed by atoms with van der Waals surface area (Å²) in [5.41, 5.74) is 1.16. The number of carbonyl (C=O) groups is 1. The topological polar surface area (TPSA) is 54.9 Å². The van der Waals surface area contributed by atoms with Gasteiger partial charge in [0.05, 0.1) is 5.56 Å². The first-order chi connectivity index (χ1) is 7.75. The van der Waals surface area contributed by atoms with Crippen LogP contribution in [0.4, 0.5) is 5.69 Å². The second-order valence-electron chi connectivity index (χ2n) is 3.09. The van der Waals surface area contributed by atoms with Crippen molar-refractivity contribution in [1.29, 1.82) is 0 Å². The molecule has 0 aliphatic heterocycles. The van der Waals surface area contributed by atoms with Gasteiger partial charge in [-0.05, 0) is 18.2 Å². The van der Waals surface area contributed by atoms with Gasteiger partial charge in [0.15, 0.2) is 0 Å². The lowest BCUT2D eigenvalue weighted by Crippen LogP contribution is -2.12. The van der Waals surface area contributed by atoms with Crippen LogP contribution < -0.4 is 5.32 Å². The normalized spacial score (nSPS) is 9.81. The van der Waals surface area contributed by atoms with Crippen LogP contribution in [0.25, 0.3) is 0 Å². The minimum atomic E-state index is -0.223. The molecule has 1 aromatic carbocycles. The third kappa shape index (κ3) is 2.64. The molecule has 0 bridgehead atoms. The van der Waals surface area contributed by atoms with Crippen LogP contribution in [0.15, 0.2) is 47.5 Å². The Balaban J connectivity index is 2.14. The molecule has 0 aliphatic rings. The molecule has 0 fully saturated rings. The van der Waals surface area contributed by atoms with E-state index < -0.39 is 0 Å². The Labute approximate surface area is 101 Å². The van der Waals surface area contributed by atoms with Crippen LogP contribution in [0.1, 0.15) is 10.4 Å². The summed E-state index contributed by atoms with van der Waals surface area (Å²) in [5.74, 6) is -0.223. The third-order valence-corrected chi connectivity index (χ3v) is 2.40. The van der Waals surface area contributed by atoms with Crippen molar-refractivity contribution in [3.05, 3.63) is 53.0 Å². The Morgan fingerprint density at radius 1 is 1.25 bits per heavy atom. The van der Waals surface area contributed by atoms with Gasteiger partial charge in [0.25, 0.3) is 5.91 Å². The first-order valence-electron chi connectivity index (χ1n) is 4.57. The van der Waals surface area contributed by atoms with Crippen molar-refractivity contribution in [1.82, 2.24) is 9.97 Å². The molecule has 0 saturated carbocycles. The molecule has 1 heterocycles. The highest BCUT2D eigenvalue weighted by atomic mass is 79.9. The molecular weight excluding hydrogens is 270 g/mol. The van der Waals surface area contributed by atoms with Crippen molar-refractivity contribution in [2.75, 3.05) is 5.32 Å². The number of halogens is 1. The lowest BCUT2D eigenvalue weighted by Gasteiger charge is -2.04. The van der Waals surface area contributed by atoms with Crippen molar-refractivity contribution < 1.29 is 4.79 Å². The number of hydrogen-bond donors (Lipinski definition) is 1. The van der Waals surface area contributed by atoms with E-state index in [0.29, 0.717) is 5.56 Å². The largest absolute Gasteiger partial charge is 0.322 e. The molecule has 1 aromatic heterocycles. The van der Waals surface area contributed by atoms with E-state index in [1.807, 2.05) is 24.3 Å². The lowest BCUT2D eigenvalue weighted by atomic mass is 10.3. The highest BCUT2D eigenvalue weighted by Gasteiger charge is 2.05. The fourth-order valence-corrected chi connectivity index (χ4v) is 1.59. The predicted octanol–water partition coefficient (Wildman–Crippen LogP) is 2.49. The first-order valence-corrected chi connectivity index (χ1v) is 5.37. The lowest BCUT2D eigenvalue weighted by molar-refractivity contribution is 0.102. The van der Waals surface area contributed by atoms with Crippen molar-refractivity contribution in [2.45, 2.75) is 0 Å². The summed E-state index contributed by atoms with van der Waals surface area (Å²) in [5, 5.41) is 2.75. The predicted molar refractivity (Wildman–Crippen MR) is 64.1 cm³/mol. The molecule has 4 nitrogen and oxygen atoms in total. The molecule has 5 heteroatoms. The van der Waals surface area contributed by atoms with Gasteiger partial charge < -0.3 is 5.32 Å². The Morgan fingerprint density at radius 2 is 2.00 bits per heavy atom. The second-order valence-corrected chi connectivity index (χ2v) is 4.01. The van der Waals surface area contributed by atoms with Crippen LogP contribution >= 0.6 is 15.9 Å². The van der Waals surface area contributed by atoms with Gasteiger partial charge in [-0.2, -0.15) is 0 Å². The van der Waals surface area contributed by atoms with E-state index in [1.54, 1.807) is 0 Å². The average molecular weight is 278 g/mol. The zero-order valence-corrected chi connectivity index (χ0v) is 9.81. The third-order valence-electron chi connectivity index (χ3n) is 1.91. The Bertz CT molecular complexity index is 502. The van der Waals surface area contributed by atoms with E-state index in [-0.39, 0.29) is 5.91 Å². The van der Waals surface area contributed by atoms with E-state index in [2.05, 4.69) is 31.2 Å². The summed E-state index contributed by atoms with van der Waals surface area (Å²) in [4.78, 5) is 19.3. The van der Waals surface area contributed by atoms with Crippen molar-refractivity contribution in [3.8, 4) is 0 Å². The quantitative estimate of drug-likeness (QED) is 0.918. The summed E-state index contributed by atoms with van der Waals surface area (Å²) in [6.07, 6.45) is 4.33. The van der Waals surface area contributed by atoms with Crippen LogP contribution in [0.5, 0.6) is 0 Å². The average Bonchev–Trinajstić information content (AvgIpc) is 2.30. The molecule has 0 saturated heterocycles. The van der Waals surface area contributed by atoms with E-state index in [1.165, 1.54) is 18.7 Å². The SMILES string of the molecule is O=C(Nc1cccc(Br)c1)c1cncnc1. The van der Waals surface area contributed by atoms with Crippen LogP contribution in [0, 0.1) is 0 Å². The fourth-order valence-electron chi connectivity index (χ4n) is 1.19. The summed E-state index contributed by atoms with van der Waals surface area (Å²) < 4.78 is 0.912. The van der Waals surface area contributed by atoms with Gasteiger partial charge in [-0.15, -0.1) is 0 Å². The van der Waals surface area contributed by atoms with Gasteiger partial charge in [0.1, 0.15) is 6.33 Å². The number of rotatable bonds is 2. The molecule has 0 unspecified atom stereocenters. The van der Waals surface area contributed by atoms with Crippen molar-refractivity contribution in [3.63, 3.8) is 0 Å². The minimum absolute atomic E-state index is 0.223. The second kappa shape index (κ2) is 4.85. The van der Waals surface area contributed by atoms with E-state index in [9.17, 15) is 4.79 Å². The number of amides is 1. The summed E-state index contributed by atoms with van der Waals surface area (Å²) in [7, 11) is 0. The van der Waals surface area contributed by atoms with E-state index >= 15 is 0 Å². The molecule has 0 spiro atoms. The van der Waals surface area contributed by atoms with Gasteiger partial charge in [-0.1, -0.05) is 22.0 Å². The van der Waals surface area contributed by atoms with Crippen LogP contribution in [0.2, 0.25) is 0 Å². The summed E-state index contributed by atoms with van der Waals surface area (Å²) in [6, 6.07) is 7.37. The molecule has 0 atom stereocenters. The van der Waals surface area contributed by atoms with Crippen molar-refractivity contribution >= 4 is 27.5 Å². The number of nitrogens with one attached hydrogen (secondary N) is 1. The van der Waals surface area contributed by atoms with Crippen molar-refractivity contribution in [2.24, 2.45) is 0 Å². The molecule has 0 aliphatic carbocycles. The number of hydrogen-bond acceptors (Lipinski definition) is 3. The van der Waals surface area contributed by atoms with Crippen LogP contribution in [-0.2, 0) is 0 Å². The standard InChI is InChI=1S/C11H8BrN3O/c12-9-2-1-3-10(4-9)15-11(16)8-5-13-7-14-6-8/h1-7H,(H,15,16). The molecule has 0 radical (unpaired) electrons. The molecule has 1 amide bonds. The summed E-state index contributed by atoms with van der Waals surface area (Å²) >= 11 is 3.33. The van der Waals surface area contributed by atoms with Gasteiger partial charge in [0, 0.05) is 22.6 Å². The van der Waals surface area contributed by atoms with Crippen LogP contribution in [0.3, 0.4) is 0 Å². The minimum Gasteiger partial charge on any atom is -0.322 e. The molecule has 2 aromatic rings. The zero-order chi connectivity index (χ0) is 11.4. The Morgan fingerprint density at radius 3 is 2.69 bits per heavy atom. The maximum atomic E-state index is 11.7. The maximum absolute atomic E-state index is 11.7. The van der Waals surface area contributed by atoms with E-state index in [0.717, 1.165) is 10.2 Å². The summed E-state index contributed by atoms with van der Waals surface area (Å²) in [6.45, 7) is 0. The van der Waals surface area contributed by atoms with Gasteiger partial charge in [0.2, 0.25) is 0 Å². The van der Waals surface area contributed by atoms with Gasteiger partial charge in [-0.25, -0.2) is 9.97 Å². The number of anilines is 1. The molecule has 2 rings (SSSR count). The van der Waals surface area contributed by atoms with Gasteiger partial charge >= 0.3 is 0 Å². The highest BCUT2D eigenvalue weighted by Crippen LogP contribution is 2.16. The molecule has 1 N–H and O–H groups in total. The van der Waals surface area contributed by atoms with Crippen LogP contribution in [-0.4, -0.2) is 15.9 Å². The molecular formula is C11H8BrN3O. The molecule has 80 valence electrons. The smallest absolute Gasteiger partial charge is 0.258 e. The number of aromatic nitrogens is 2.